The first kappa shape index (κ1) is 13.7. The Morgan fingerprint density at radius 3 is 2.80 bits per heavy atom. The minimum Gasteiger partial charge on any atom is -0.482 e. The number of aliphatic hydroxyl groups is 1. The van der Waals surface area contributed by atoms with E-state index in [-0.39, 0.29) is 0 Å². The number of ether oxygens (including phenoxy) is 1. The third-order valence-electron chi connectivity index (χ3n) is 3.88. The molecule has 2 nitrogen and oxygen atoms in total. The zero-order valence-electron chi connectivity index (χ0n) is 11.6. The zero-order chi connectivity index (χ0) is 14.3. The molecule has 2 aromatic rings. The molecule has 0 aromatic heterocycles. The zero-order valence-corrected chi connectivity index (χ0v) is 13.1. The normalized spacial score (nSPS) is 24.9. The molecule has 1 aliphatic heterocycles. The van der Waals surface area contributed by atoms with E-state index in [2.05, 4.69) is 41.1 Å². The third kappa shape index (κ3) is 2.36. The number of fused-ring (bicyclic) bond motifs is 1. The molecule has 104 valence electrons. The Kier molecular flexibility index (Phi) is 3.35. The number of halogens is 1. The fraction of sp³-hybridized carbons (Fsp3) is 0.294. The van der Waals surface area contributed by atoms with E-state index in [0.717, 1.165) is 21.3 Å². The molecule has 1 heterocycles. The van der Waals surface area contributed by atoms with Crippen LogP contribution in [0.25, 0.3) is 0 Å². The van der Waals surface area contributed by atoms with E-state index < -0.39 is 11.7 Å². The van der Waals surface area contributed by atoms with E-state index in [4.69, 9.17) is 4.74 Å². The van der Waals surface area contributed by atoms with Gasteiger partial charge in [0, 0.05) is 16.5 Å². The van der Waals surface area contributed by atoms with Crippen molar-refractivity contribution in [3.05, 3.63) is 63.6 Å². The van der Waals surface area contributed by atoms with Crippen LogP contribution in [0.3, 0.4) is 0 Å². The fourth-order valence-electron chi connectivity index (χ4n) is 2.79. The summed E-state index contributed by atoms with van der Waals surface area (Å²) in [7, 11) is 0. The van der Waals surface area contributed by atoms with Gasteiger partial charge in [0.25, 0.3) is 0 Å². The first-order valence-corrected chi connectivity index (χ1v) is 7.51. The summed E-state index contributed by atoms with van der Waals surface area (Å²) in [4.78, 5) is 0. The summed E-state index contributed by atoms with van der Waals surface area (Å²) in [5.41, 5.74) is 2.65. The van der Waals surface area contributed by atoms with Gasteiger partial charge in [0.05, 0.1) is 6.10 Å². The molecule has 3 heteroatoms. The van der Waals surface area contributed by atoms with Gasteiger partial charge >= 0.3 is 0 Å². The van der Waals surface area contributed by atoms with Crippen LogP contribution in [0.2, 0.25) is 0 Å². The Morgan fingerprint density at radius 1 is 1.25 bits per heavy atom. The van der Waals surface area contributed by atoms with Gasteiger partial charge in [-0.3, -0.25) is 0 Å². The molecular formula is C17H17BrO2. The highest BCUT2D eigenvalue weighted by molar-refractivity contribution is 9.10. The topological polar surface area (TPSA) is 29.5 Å². The second kappa shape index (κ2) is 4.90. The van der Waals surface area contributed by atoms with Gasteiger partial charge < -0.3 is 9.84 Å². The van der Waals surface area contributed by atoms with Crippen molar-refractivity contribution in [2.75, 3.05) is 0 Å². The van der Waals surface area contributed by atoms with Crippen molar-refractivity contribution in [2.45, 2.75) is 32.0 Å². The summed E-state index contributed by atoms with van der Waals surface area (Å²) in [5, 5.41) is 10.4. The van der Waals surface area contributed by atoms with E-state index in [0.29, 0.717) is 6.42 Å². The molecule has 0 radical (unpaired) electrons. The summed E-state index contributed by atoms with van der Waals surface area (Å²) >= 11 is 3.45. The summed E-state index contributed by atoms with van der Waals surface area (Å²) in [6, 6.07) is 14.0. The molecule has 0 saturated heterocycles. The molecule has 0 fully saturated rings. The monoisotopic (exact) mass is 332 g/mol. The van der Waals surface area contributed by atoms with Crippen LogP contribution in [0.5, 0.6) is 5.75 Å². The molecule has 2 atom stereocenters. The lowest BCUT2D eigenvalue weighted by molar-refractivity contribution is -0.00494. The second-order valence-corrected chi connectivity index (χ2v) is 6.52. The number of hydrogen-bond donors (Lipinski definition) is 1. The van der Waals surface area contributed by atoms with Crippen molar-refractivity contribution < 1.29 is 9.84 Å². The standard InChI is InChI=1S/C17H17BrO2/c1-11-4-3-5-12(8-11)17(2)10-15(19)14-7-6-13(18)9-16(14)20-17/h3-9,15,19H,10H2,1-2H3/t15-,17?/m0/s1. The molecule has 2 aromatic carbocycles. The Morgan fingerprint density at radius 2 is 2.05 bits per heavy atom. The van der Waals surface area contributed by atoms with E-state index in [1.807, 2.05) is 31.2 Å². The Labute approximate surface area is 127 Å². The smallest absolute Gasteiger partial charge is 0.134 e. The quantitative estimate of drug-likeness (QED) is 0.833. The van der Waals surface area contributed by atoms with Crippen molar-refractivity contribution in [1.82, 2.24) is 0 Å². The maximum Gasteiger partial charge on any atom is 0.134 e. The number of benzene rings is 2. The van der Waals surface area contributed by atoms with Crippen LogP contribution in [0.1, 0.15) is 36.1 Å². The number of aryl methyl sites for hydroxylation is 1. The first-order valence-electron chi connectivity index (χ1n) is 6.72. The Hall–Kier alpha value is -1.32. The average Bonchev–Trinajstić information content (AvgIpc) is 2.38. The second-order valence-electron chi connectivity index (χ2n) is 5.60. The van der Waals surface area contributed by atoms with Crippen molar-refractivity contribution in [3.8, 4) is 5.75 Å². The van der Waals surface area contributed by atoms with Crippen LogP contribution in [0, 0.1) is 6.92 Å². The summed E-state index contributed by atoms with van der Waals surface area (Å²) in [6.45, 7) is 4.10. The van der Waals surface area contributed by atoms with Gasteiger partial charge in [-0.25, -0.2) is 0 Å². The SMILES string of the molecule is Cc1cccc(C2(C)C[C@H](O)c3ccc(Br)cc3O2)c1. The number of hydrogen-bond acceptors (Lipinski definition) is 2. The highest BCUT2D eigenvalue weighted by atomic mass is 79.9. The predicted molar refractivity (Wildman–Crippen MR) is 82.9 cm³/mol. The average molecular weight is 333 g/mol. The molecule has 0 aliphatic carbocycles. The van der Waals surface area contributed by atoms with Gasteiger partial charge in [0.15, 0.2) is 0 Å². The fourth-order valence-corrected chi connectivity index (χ4v) is 3.13. The maximum atomic E-state index is 10.4. The van der Waals surface area contributed by atoms with Crippen LogP contribution < -0.4 is 4.74 Å². The molecule has 1 aliphatic rings. The van der Waals surface area contributed by atoms with E-state index in [1.165, 1.54) is 5.56 Å². The lowest BCUT2D eigenvalue weighted by atomic mass is 9.84. The maximum absolute atomic E-state index is 10.4. The number of aliphatic hydroxyl groups excluding tert-OH is 1. The van der Waals surface area contributed by atoms with Gasteiger partial charge in [-0.1, -0.05) is 51.8 Å². The van der Waals surface area contributed by atoms with Gasteiger partial charge in [-0.2, -0.15) is 0 Å². The van der Waals surface area contributed by atoms with Gasteiger partial charge in [-0.15, -0.1) is 0 Å². The largest absolute Gasteiger partial charge is 0.482 e. The minimum atomic E-state index is -0.502. The van der Waals surface area contributed by atoms with Crippen LogP contribution in [0.15, 0.2) is 46.9 Å². The third-order valence-corrected chi connectivity index (χ3v) is 4.37. The molecule has 1 unspecified atom stereocenters. The van der Waals surface area contributed by atoms with Gasteiger partial charge in [0.1, 0.15) is 11.4 Å². The first-order chi connectivity index (χ1) is 9.48. The molecule has 1 N–H and O–H groups in total. The van der Waals surface area contributed by atoms with Gasteiger partial charge in [0.2, 0.25) is 0 Å². The van der Waals surface area contributed by atoms with Crippen LogP contribution in [-0.2, 0) is 5.60 Å². The Bertz CT molecular complexity index is 653. The lowest BCUT2D eigenvalue weighted by Crippen LogP contribution is -2.35. The van der Waals surface area contributed by atoms with Crippen molar-refractivity contribution >= 4 is 15.9 Å². The summed E-state index contributed by atoms with van der Waals surface area (Å²) in [5.74, 6) is 0.752. The van der Waals surface area contributed by atoms with Crippen LogP contribution >= 0.6 is 15.9 Å². The number of rotatable bonds is 1. The van der Waals surface area contributed by atoms with Crippen molar-refractivity contribution in [2.24, 2.45) is 0 Å². The Balaban J connectivity index is 2.05. The van der Waals surface area contributed by atoms with E-state index in [1.54, 1.807) is 0 Å². The molecule has 3 rings (SSSR count). The van der Waals surface area contributed by atoms with E-state index >= 15 is 0 Å². The summed E-state index contributed by atoms with van der Waals surface area (Å²) < 4.78 is 7.18. The minimum absolute atomic E-state index is 0.501. The molecule has 0 spiro atoms. The molecule has 0 bridgehead atoms. The van der Waals surface area contributed by atoms with Crippen LogP contribution in [-0.4, -0.2) is 5.11 Å². The van der Waals surface area contributed by atoms with Gasteiger partial charge in [-0.05, 0) is 31.5 Å². The summed E-state index contributed by atoms with van der Waals surface area (Å²) in [6.07, 6.45) is 0.0582. The molecule has 20 heavy (non-hydrogen) atoms. The van der Waals surface area contributed by atoms with Crippen LogP contribution in [0.4, 0.5) is 0 Å². The highest BCUT2D eigenvalue weighted by Crippen LogP contribution is 2.45. The molecular weight excluding hydrogens is 316 g/mol. The molecule has 0 saturated carbocycles. The molecule has 0 amide bonds. The van der Waals surface area contributed by atoms with E-state index in [9.17, 15) is 5.11 Å². The van der Waals surface area contributed by atoms with Crippen molar-refractivity contribution in [3.63, 3.8) is 0 Å². The highest BCUT2D eigenvalue weighted by Gasteiger charge is 2.38. The lowest BCUT2D eigenvalue weighted by Gasteiger charge is -2.38. The van der Waals surface area contributed by atoms with Crippen molar-refractivity contribution in [1.29, 1.82) is 0 Å². The predicted octanol–water partition coefficient (Wildman–Crippen LogP) is 4.49.